The van der Waals surface area contributed by atoms with Crippen molar-refractivity contribution >= 4 is 38.9 Å². The van der Waals surface area contributed by atoms with E-state index in [9.17, 15) is 18.0 Å². The van der Waals surface area contributed by atoms with E-state index in [1.54, 1.807) is 19.1 Å². The molecule has 0 aliphatic carbocycles. The summed E-state index contributed by atoms with van der Waals surface area (Å²) in [5.41, 5.74) is 0.292. The Labute approximate surface area is 172 Å². The summed E-state index contributed by atoms with van der Waals surface area (Å²) in [5, 5.41) is 3.30. The van der Waals surface area contributed by atoms with Crippen LogP contribution in [-0.4, -0.2) is 62.0 Å². The fourth-order valence-electron chi connectivity index (χ4n) is 2.64. The van der Waals surface area contributed by atoms with Crippen LogP contribution in [0.3, 0.4) is 0 Å². The van der Waals surface area contributed by atoms with E-state index < -0.39 is 28.0 Å². The molecule has 1 aliphatic heterocycles. The fraction of sp³-hybridized carbons (Fsp3) is 0.389. The molecule has 1 aromatic carbocycles. The number of hydrogen-bond donors (Lipinski definition) is 1. The molecule has 1 saturated heterocycles. The smallest absolute Gasteiger partial charge is 0.350 e. The number of amides is 1. The van der Waals surface area contributed by atoms with Gasteiger partial charge in [-0.3, -0.25) is 4.79 Å². The van der Waals surface area contributed by atoms with Gasteiger partial charge in [-0.15, -0.1) is 11.3 Å². The number of esters is 1. The van der Waals surface area contributed by atoms with Crippen molar-refractivity contribution in [1.82, 2.24) is 9.29 Å². The zero-order valence-electron chi connectivity index (χ0n) is 16.0. The Kier molecular flexibility index (Phi) is 6.63. The predicted octanol–water partition coefficient (Wildman–Crippen LogP) is 1.66. The highest BCUT2D eigenvalue weighted by Crippen LogP contribution is 2.21. The summed E-state index contributed by atoms with van der Waals surface area (Å²) >= 11 is 1.17. The molecule has 2 heterocycles. The topological polar surface area (TPSA) is 115 Å². The lowest BCUT2D eigenvalue weighted by Gasteiger charge is -2.26. The number of rotatable bonds is 6. The standard InChI is InChI=1S/C18H21N3O6S2/c1-12(27-18(23)16-11-19-13(2)28-16)17(22)20-14-4-3-5-15(10-14)29(24,25)21-6-8-26-9-7-21/h3-5,10-12H,6-9H2,1-2H3,(H,20,22). The molecule has 1 amide bonds. The second kappa shape index (κ2) is 8.99. The van der Waals surface area contributed by atoms with Crippen LogP contribution < -0.4 is 5.32 Å². The van der Waals surface area contributed by atoms with Crippen LogP contribution in [-0.2, 0) is 24.3 Å². The minimum absolute atomic E-state index is 0.0713. The first-order chi connectivity index (χ1) is 13.8. The number of carbonyl (C=O) groups is 2. The molecule has 1 unspecified atom stereocenters. The van der Waals surface area contributed by atoms with Crippen LogP contribution in [0.15, 0.2) is 35.4 Å². The average Bonchev–Trinajstić information content (AvgIpc) is 3.15. The van der Waals surface area contributed by atoms with Crippen LogP contribution in [0.4, 0.5) is 5.69 Å². The van der Waals surface area contributed by atoms with Gasteiger partial charge in [0.1, 0.15) is 4.88 Å². The molecule has 29 heavy (non-hydrogen) atoms. The quantitative estimate of drug-likeness (QED) is 0.681. The lowest BCUT2D eigenvalue weighted by molar-refractivity contribution is -0.123. The first-order valence-corrected chi connectivity index (χ1v) is 11.2. The highest BCUT2D eigenvalue weighted by Gasteiger charge is 2.27. The zero-order chi connectivity index (χ0) is 21.0. The average molecular weight is 440 g/mol. The molecule has 3 rings (SSSR count). The van der Waals surface area contributed by atoms with Crippen LogP contribution in [0.1, 0.15) is 21.6 Å². The number of morpholine rings is 1. The van der Waals surface area contributed by atoms with E-state index in [0.29, 0.717) is 28.8 Å². The fourth-order valence-corrected chi connectivity index (χ4v) is 4.76. The van der Waals surface area contributed by atoms with Crippen molar-refractivity contribution < 1.29 is 27.5 Å². The number of aryl methyl sites for hydroxylation is 1. The normalized spacial score (nSPS) is 16.2. The summed E-state index contributed by atoms with van der Waals surface area (Å²) in [6.45, 7) is 4.45. The number of ether oxygens (including phenoxy) is 2. The summed E-state index contributed by atoms with van der Waals surface area (Å²) in [6, 6.07) is 5.96. The molecule has 0 spiro atoms. The van der Waals surface area contributed by atoms with Gasteiger partial charge in [-0.2, -0.15) is 4.31 Å². The first-order valence-electron chi connectivity index (χ1n) is 8.89. The van der Waals surface area contributed by atoms with Gasteiger partial charge in [-0.1, -0.05) is 6.07 Å². The Morgan fingerprint density at radius 2 is 2.03 bits per heavy atom. The van der Waals surface area contributed by atoms with Crippen LogP contribution in [0, 0.1) is 6.92 Å². The maximum Gasteiger partial charge on any atom is 0.350 e. The second-order valence-electron chi connectivity index (χ2n) is 6.32. The van der Waals surface area contributed by atoms with Crippen molar-refractivity contribution in [3.8, 4) is 0 Å². The number of thiazole rings is 1. The molecule has 156 valence electrons. The Balaban J connectivity index is 1.66. The summed E-state index contributed by atoms with van der Waals surface area (Å²) in [7, 11) is -3.68. The SMILES string of the molecule is Cc1ncc(C(=O)OC(C)C(=O)Nc2cccc(S(=O)(=O)N3CCOCC3)c2)s1. The molecule has 1 aliphatic rings. The van der Waals surface area contributed by atoms with Crippen LogP contribution in [0.25, 0.3) is 0 Å². The molecule has 9 nitrogen and oxygen atoms in total. The third-order valence-electron chi connectivity index (χ3n) is 4.18. The van der Waals surface area contributed by atoms with E-state index in [1.807, 2.05) is 0 Å². The minimum atomic E-state index is -3.68. The van der Waals surface area contributed by atoms with Gasteiger partial charge in [0.05, 0.1) is 29.3 Å². The number of nitrogens with one attached hydrogen (secondary N) is 1. The summed E-state index contributed by atoms with van der Waals surface area (Å²) < 4.78 is 37.2. The monoisotopic (exact) mass is 439 g/mol. The second-order valence-corrected chi connectivity index (χ2v) is 9.50. The molecule has 0 radical (unpaired) electrons. The number of sulfonamides is 1. The van der Waals surface area contributed by atoms with Gasteiger partial charge in [-0.05, 0) is 32.0 Å². The van der Waals surface area contributed by atoms with Crippen molar-refractivity contribution in [2.75, 3.05) is 31.6 Å². The molecule has 1 N–H and O–H groups in total. The van der Waals surface area contributed by atoms with Crippen molar-refractivity contribution in [3.05, 3.63) is 40.3 Å². The van der Waals surface area contributed by atoms with E-state index in [-0.39, 0.29) is 18.0 Å². The zero-order valence-corrected chi connectivity index (χ0v) is 17.6. The number of nitrogens with zero attached hydrogens (tertiary/aromatic N) is 2. The van der Waals surface area contributed by atoms with Crippen molar-refractivity contribution in [2.45, 2.75) is 24.8 Å². The van der Waals surface area contributed by atoms with Gasteiger partial charge in [0.15, 0.2) is 6.10 Å². The maximum atomic E-state index is 12.7. The molecule has 11 heteroatoms. The molecule has 1 aromatic heterocycles. The Bertz CT molecular complexity index is 999. The Morgan fingerprint density at radius 1 is 1.31 bits per heavy atom. The summed E-state index contributed by atoms with van der Waals surface area (Å²) in [4.78, 5) is 28.8. The lowest BCUT2D eigenvalue weighted by Crippen LogP contribution is -2.40. The van der Waals surface area contributed by atoms with E-state index in [2.05, 4.69) is 10.3 Å². The highest BCUT2D eigenvalue weighted by molar-refractivity contribution is 7.89. The van der Waals surface area contributed by atoms with Gasteiger partial charge < -0.3 is 14.8 Å². The van der Waals surface area contributed by atoms with Gasteiger partial charge >= 0.3 is 5.97 Å². The van der Waals surface area contributed by atoms with E-state index in [1.165, 1.54) is 40.9 Å². The van der Waals surface area contributed by atoms with Crippen molar-refractivity contribution in [2.24, 2.45) is 0 Å². The Hall–Kier alpha value is -2.34. The number of carbonyl (C=O) groups excluding carboxylic acids is 2. The number of anilines is 1. The first kappa shape index (κ1) is 21.4. The third kappa shape index (κ3) is 5.18. The number of benzene rings is 1. The van der Waals surface area contributed by atoms with E-state index >= 15 is 0 Å². The third-order valence-corrected chi connectivity index (χ3v) is 6.97. The van der Waals surface area contributed by atoms with E-state index in [4.69, 9.17) is 9.47 Å². The minimum Gasteiger partial charge on any atom is -0.448 e. The van der Waals surface area contributed by atoms with Gasteiger partial charge in [0.25, 0.3) is 5.91 Å². The van der Waals surface area contributed by atoms with Crippen LogP contribution in [0.2, 0.25) is 0 Å². The Morgan fingerprint density at radius 3 is 2.69 bits per heavy atom. The van der Waals surface area contributed by atoms with Crippen molar-refractivity contribution in [3.63, 3.8) is 0 Å². The van der Waals surface area contributed by atoms with E-state index in [0.717, 1.165) is 0 Å². The molecule has 1 atom stereocenters. The van der Waals surface area contributed by atoms with Crippen molar-refractivity contribution in [1.29, 1.82) is 0 Å². The predicted molar refractivity (Wildman–Crippen MR) is 106 cm³/mol. The number of hydrogen-bond acceptors (Lipinski definition) is 8. The largest absolute Gasteiger partial charge is 0.448 e. The molecular weight excluding hydrogens is 418 g/mol. The van der Waals surface area contributed by atoms with Crippen LogP contribution in [0.5, 0.6) is 0 Å². The summed E-state index contributed by atoms with van der Waals surface area (Å²) in [5.74, 6) is -1.21. The highest BCUT2D eigenvalue weighted by atomic mass is 32.2. The van der Waals surface area contributed by atoms with Crippen LogP contribution >= 0.6 is 11.3 Å². The number of aromatic nitrogens is 1. The molecule has 0 saturated carbocycles. The van der Waals surface area contributed by atoms with Gasteiger partial charge in [0, 0.05) is 18.8 Å². The lowest BCUT2D eigenvalue weighted by atomic mass is 10.3. The molecule has 0 bridgehead atoms. The summed E-state index contributed by atoms with van der Waals surface area (Å²) in [6.07, 6.45) is 0.330. The molecular formula is C18H21N3O6S2. The maximum absolute atomic E-state index is 12.7. The molecule has 1 fully saturated rings. The van der Waals surface area contributed by atoms with Gasteiger partial charge in [-0.25, -0.2) is 18.2 Å². The molecule has 2 aromatic rings. The van der Waals surface area contributed by atoms with Gasteiger partial charge in [0.2, 0.25) is 10.0 Å².